The molecule has 0 heterocycles. The summed E-state index contributed by atoms with van der Waals surface area (Å²) < 4.78 is 4.35. The van der Waals surface area contributed by atoms with Crippen LogP contribution in [0.3, 0.4) is 0 Å². The second-order valence-electron chi connectivity index (χ2n) is 2.35. The molecule has 0 aromatic heterocycles. The first kappa shape index (κ1) is 9.94. The van der Waals surface area contributed by atoms with E-state index in [1.165, 1.54) is 7.11 Å². The van der Waals surface area contributed by atoms with Crippen molar-refractivity contribution in [3.63, 3.8) is 0 Å². The van der Waals surface area contributed by atoms with E-state index in [4.69, 9.17) is 5.11 Å². The van der Waals surface area contributed by atoms with Crippen LogP contribution in [0.5, 0.6) is 0 Å². The van der Waals surface area contributed by atoms with Gasteiger partial charge < -0.3 is 9.84 Å². The molecule has 4 nitrogen and oxygen atoms in total. The number of carbonyl (C=O) groups excluding carboxylic acids is 1. The molecule has 0 radical (unpaired) electrons. The fraction of sp³-hybridized carbons (Fsp3) is 0.714. The summed E-state index contributed by atoms with van der Waals surface area (Å²) in [4.78, 5) is 20.8. The Kier molecular flexibility index (Phi) is 4.26. The third kappa shape index (κ3) is 4.36. The Bertz CT molecular complexity index is 153. The van der Waals surface area contributed by atoms with E-state index < -0.39 is 11.9 Å². The van der Waals surface area contributed by atoms with E-state index >= 15 is 0 Å². The summed E-state index contributed by atoms with van der Waals surface area (Å²) in [7, 11) is 1.29. The SMILES string of the molecule is COC(=O)CC[C@H](C)C(=O)O. The van der Waals surface area contributed by atoms with Crippen LogP contribution >= 0.6 is 0 Å². The van der Waals surface area contributed by atoms with Crippen molar-refractivity contribution in [3.8, 4) is 0 Å². The fourth-order valence-corrected chi connectivity index (χ4v) is 0.560. The molecule has 0 unspecified atom stereocenters. The number of rotatable bonds is 4. The van der Waals surface area contributed by atoms with E-state index in [0.29, 0.717) is 6.42 Å². The van der Waals surface area contributed by atoms with Crippen molar-refractivity contribution in [2.75, 3.05) is 7.11 Å². The maximum absolute atomic E-state index is 10.5. The Balaban J connectivity index is 3.54. The number of ether oxygens (including phenoxy) is 1. The van der Waals surface area contributed by atoms with Crippen molar-refractivity contribution >= 4 is 11.9 Å². The second kappa shape index (κ2) is 4.71. The number of carbonyl (C=O) groups is 2. The first-order chi connectivity index (χ1) is 5.07. The average Bonchev–Trinajstić information content (AvgIpc) is 1.99. The van der Waals surface area contributed by atoms with Crippen LogP contribution in [0.2, 0.25) is 0 Å². The molecule has 0 amide bonds. The molecule has 0 aliphatic heterocycles. The van der Waals surface area contributed by atoms with Crippen LogP contribution in [-0.4, -0.2) is 24.2 Å². The van der Waals surface area contributed by atoms with E-state index in [2.05, 4.69) is 4.74 Å². The molecule has 0 aromatic rings. The summed E-state index contributed by atoms with van der Waals surface area (Å²) in [5.41, 5.74) is 0. The summed E-state index contributed by atoms with van der Waals surface area (Å²) in [5, 5.41) is 8.42. The van der Waals surface area contributed by atoms with Gasteiger partial charge in [-0.15, -0.1) is 0 Å². The lowest BCUT2D eigenvalue weighted by atomic mass is 10.1. The molecule has 0 aromatic carbocycles. The number of hydrogen-bond donors (Lipinski definition) is 1. The Morgan fingerprint density at radius 2 is 2.09 bits per heavy atom. The highest BCUT2D eigenvalue weighted by atomic mass is 16.5. The average molecular weight is 160 g/mol. The minimum atomic E-state index is -0.881. The van der Waals surface area contributed by atoms with E-state index in [1.54, 1.807) is 6.92 Å². The number of esters is 1. The quantitative estimate of drug-likeness (QED) is 0.613. The van der Waals surface area contributed by atoms with E-state index in [-0.39, 0.29) is 12.4 Å². The van der Waals surface area contributed by atoms with Crippen molar-refractivity contribution in [1.82, 2.24) is 0 Å². The van der Waals surface area contributed by atoms with Gasteiger partial charge in [0.15, 0.2) is 0 Å². The van der Waals surface area contributed by atoms with Gasteiger partial charge in [-0.2, -0.15) is 0 Å². The van der Waals surface area contributed by atoms with E-state index in [9.17, 15) is 9.59 Å². The van der Waals surface area contributed by atoms with E-state index in [1.807, 2.05) is 0 Å². The lowest BCUT2D eigenvalue weighted by Gasteiger charge is -2.03. The van der Waals surface area contributed by atoms with Crippen LogP contribution in [0.15, 0.2) is 0 Å². The van der Waals surface area contributed by atoms with Crippen molar-refractivity contribution in [2.24, 2.45) is 5.92 Å². The molecular weight excluding hydrogens is 148 g/mol. The van der Waals surface area contributed by atoms with Gasteiger partial charge in [0.2, 0.25) is 0 Å². The first-order valence-corrected chi connectivity index (χ1v) is 3.37. The number of carboxylic acid groups (broad SMARTS) is 1. The second-order valence-corrected chi connectivity index (χ2v) is 2.35. The van der Waals surface area contributed by atoms with Crippen molar-refractivity contribution in [1.29, 1.82) is 0 Å². The standard InChI is InChI=1S/C7H12O4/c1-5(7(9)10)3-4-6(8)11-2/h5H,3-4H2,1-2H3,(H,9,10)/t5-/m0/s1. The van der Waals surface area contributed by atoms with E-state index in [0.717, 1.165) is 0 Å². The highest BCUT2D eigenvalue weighted by Gasteiger charge is 2.12. The smallest absolute Gasteiger partial charge is 0.306 e. The van der Waals surface area contributed by atoms with Gasteiger partial charge in [-0.05, 0) is 6.42 Å². The maximum Gasteiger partial charge on any atom is 0.306 e. The number of hydrogen-bond acceptors (Lipinski definition) is 3. The third-order valence-electron chi connectivity index (χ3n) is 1.43. The monoisotopic (exact) mass is 160 g/mol. The van der Waals surface area contributed by atoms with Crippen LogP contribution in [0, 0.1) is 5.92 Å². The van der Waals surface area contributed by atoms with Crippen LogP contribution in [-0.2, 0) is 14.3 Å². The maximum atomic E-state index is 10.5. The van der Waals surface area contributed by atoms with Gasteiger partial charge in [0.1, 0.15) is 0 Å². The lowest BCUT2D eigenvalue weighted by molar-refractivity contribution is -0.143. The summed E-state index contributed by atoms with van der Waals surface area (Å²) in [6, 6.07) is 0. The molecule has 1 atom stereocenters. The normalized spacial score (nSPS) is 12.2. The molecule has 4 heteroatoms. The zero-order chi connectivity index (χ0) is 8.85. The summed E-state index contributed by atoms with van der Waals surface area (Å²) in [6.07, 6.45) is 0.506. The van der Waals surface area contributed by atoms with Gasteiger partial charge in [-0.1, -0.05) is 6.92 Å². The molecule has 0 spiro atoms. The Hall–Kier alpha value is -1.06. The van der Waals surface area contributed by atoms with Gasteiger partial charge in [0, 0.05) is 6.42 Å². The van der Waals surface area contributed by atoms with Crippen molar-refractivity contribution in [2.45, 2.75) is 19.8 Å². The van der Waals surface area contributed by atoms with Gasteiger partial charge in [-0.25, -0.2) is 0 Å². The molecule has 0 aliphatic rings. The van der Waals surface area contributed by atoms with Crippen molar-refractivity contribution < 1.29 is 19.4 Å². The van der Waals surface area contributed by atoms with Crippen LogP contribution < -0.4 is 0 Å². The van der Waals surface area contributed by atoms with Crippen molar-refractivity contribution in [3.05, 3.63) is 0 Å². The predicted octanol–water partition coefficient (Wildman–Crippen LogP) is 0.660. The molecule has 64 valence electrons. The number of methoxy groups -OCH3 is 1. The third-order valence-corrected chi connectivity index (χ3v) is 1.43. The Morgan fingerprint density at radius 3 is 2.45 bits per heavy atom. The van der Waals surface area contributed by atoms with Crippen LogP contribution in [0.25, 0.3) is 0 Å². The van der Waals surface area contributed by atoms with Gasteiger partial charge in [0.25, 0.3) is 0 Å². The molecular formula is C7H12O4. The molecule has 0 aliphatic carbocycles. The van der Waals surface area contributed by atoms with Crippen LogP contribution in [0.1, 0.15) is 19.8 Å². The summed E-state index contributed by atoms with van der Waals surface area (Å²) in [6.45, 7) is 1.56. The Morgan fingerprint density at radius 1 is 1.55 bits per heavy atom. The molecule has 0 saturated carbocycles. The van der Waals surface area contributed by atoms with Gasteiger partial charge in [0.05, 0.1) is 13.0 Å². The minimum absolute atomic E-state index is 0.171. The summed E-state index contributed by atoms with van der Waals surface area (Å²) in [5.74, 6) is -1.72. The fourth-order valence-electron chi connectivity index (χ4n) is 0.560. The largest absolute Gasteiger partial charge is 0.481 e. The predicted molar refractivity (Wildman–Crippen MR) is 38.0 cm³/mol. The molecule has 0 rings (SSSR count). The zero-order valence-corrected chi connectivity index (χ0v) is 6.66. The molecule has 0 fully saturated rings. The molecule has 1 N–H and O–H groups in total. The highest BCUT2D eigenvalue weighted by molar-refractivity contribution is 5.72. The Labute approximate surface area is 65.2 Å². The lowest BCUT2D eigenvalue weighted by Crippen LogP contribution is -2.11. The molecule has 11 heavy (non-hydrogen) atoms. The molecule has 0 saturated heterocycles. The zero-order valence-electron chi connectivity index (χ0n) is 6.66. The summed E-state index contributed by atoms with van der Waals surface area (Å²) >= 11 is 0. The van der Waals surface area contributed by atoms with Gasteiger partial charge >= 0.3 is 11.9 Å². The highest BCUT2D eigenvalue weighted by Crippen LogP contribution is 2.05. The number of carboxylic acids is 1. The van der Waals surface area contributed by atoms with Crippen LogP contribution in [0.4, 0.5) is 0 Å². The first-order valence-electron chi connectivity index (χ1n) is 3.37. The minimum Gasteiger partial charge on any atom is -0.481 e. The topological polar surface area (TPSA) is 63.6 Å². The molecule has 0 bridgehead atoms. The number of aliphatic carboxylic acids is 1. The van der Waals surface area contributed by atoms with Gasteiger partial charge in [-0.3, -0.25) is 9.59 Å².